The summed E-state index contributed by atoms with van der Waals surface area (Å²) in [5.74, 6) is -0.0496. The Morgan fingerprint density at radius 3 is 2.32 bits per heavy atom. The Labute approximate surface area is 113 Å². The molecule has 0 radical (unpaired) electrons. The van der Waals surface area contributed by atoms with Gasteiger partial charge in [0.05, 0.1) is 5.41 Å². The lowest BCUT2D eigenvalue weighted by molar-refractivity contribution is -0.146. The zero-order chi connectivity index (χ0) is 14.4. The number of hydrogen-bond donors (Lipinski definition) is 1. The highest BCUT2D eigenvalue weighted by atomic mass is 16.7. The normalized spacial score (nSPS) is 16.5. The fourth-order valence-electron chi connectivity index (χ4n) is 2.16. The van der Waals surface area contributed by atoms with Gasteiger partial charge >= 0.3 is 5.97 Å². The van der Waals surface area contributed by atoms with Crippen LogP contribution in [0.4, 0.5) is 0 Å². The van der Waals surface area contributed by atoms with E-state index in [0.717, 1.165) is 16.9 Å². The van der Waals surface area contributed by atoms with Gasteiger partial charge in [-0.15, -0.1) is 0 Å². The number of carbonyl (C=O) groups is 1. The number of carboxylic acid groups (broad SMARTS) is 1. The third kappa shape index (κ3) is 2.67. The quantitative estimate of drug-likeness (QED) is 0.911. The zero-order valence-corrected chi connectivity index (χ0v) is 12.0. The summed E-state index contributed by atoms with van der Waals surface area (Å²) in [6, 6.07) is 3.81. The molecule has 104 valence electrons. The van der Waals surface area contributed by atoms with Crippen LogP contribution in [0.15, 0.2) is 12.1 Å². The molecule has 4 heteroatoms. The number of aryl methyl sites for hydroxylation is 1. The number of ether oxygens (including phenoxy) is 2. The Morgan fingerprint density at radius 2 is 1.79 bits per heavy atom. The van der Waals surface area contributed by atoms with Crippen molar-refractivity contribution in [2.75, 3.05) is 0 Å². The van der Waals surface area contributed by atoms with Crippen molar-refractivity contribution in [3.63, 3.8) is 0 Å². The molecule has 2 rings (SSSR count). The van der Waals surface area contributed by atoms with Crippen molar-refractivity contribution >= 4 is 5.97 Å². The maximum atomic E-state index is 11.2. The van der Waals surface area contributed by atoms with Crippen molar-refractivity contribution in [2.45, 2.75) is 46.8 Å². The van der Waals surface area contributed by atoms with E-state index in [-0.39, 0.29) is 0 Å². The first-order valence-corrected chi connectivity index (χ1v) is 6.36. The standard InChI is InChI=1S/C15H20O4/c1-9-6-11-12(19-15(4,5)18-11)7-10(9)8-14(2,3)13(16)17/h6-7H,8H2,1-5H3,(H,16,17). The van der Waals surface area contributed by atoms with E-state index in [2.05, 4.69) is 0 Å². The Morgan fingerprint density at radius 1 is 1.26 bits per heavy atom. The van der Waals surface area contributed by atoms with Crippen LogP contribution in [0.25, 0.3) is 0 Å². The highest BCUT2D eigenvalue weighted by molar-refractivity contribution is 5.74. The molecule has 0 amide bonds. The predicted molar refractivity (Wildman–Crippen MR) is 71.6 cm³/mol. The second-order valence-corrected chi connectivity index (χ2v) is 6.20. The lowest BCUT2D eigenvalue weighted by Gasteiger charge is -2.20. The number of carboxylic acids is 1. The van der Waals surface area contributed by atoms with Crippen LogP contribution >= 0.6 is 0 Å². The number of aliphatic carboxylic acids is 1. The summed E-state index contributed by atoms with van der Waals surface area (Å²) >= 11 is 0. The molecule has 0 aliphatic carbocycles. The average molecular weight is 264 g/mol. The molecular formula is C15H20O4. The molecular weight excluding hydrogens is 244 g/mol. The first-order valence-electron chi connectivity index (χ1n) is 6.36. The van der Waals surface area contributed by atoms with E-state index >= 15 is 0 Å². The third-order valence-electron chi connectivity index (χ3n) is 3.33. The van der Waals surface area contributed by atoms with Gasteiger partial charge in [0.25, 0.3) is 0 Å². The number of hydrogen-bond acceptors (Lipinski definition) is 3. The molecule has 1 heterocycles. The first kappa shape index (κ1) is 13.7. The second-order valence-electron chi connectivity index (χ2n) is 6.20. The molecule has 1 aromatic rings. The van der Waals surface area contributed by atoms with Crippen LogP contribution < -0.4 is 9.47 Å². The molecule has 0 saturated carbocycles. The highest BCUT2D eigenvalue weighted by Gasteiger charge is 2.34. The molecule has 1 aliphatic heterocycles. The van der Waals surface area contributed by atoms with E-state index in [4.69, 9.17) is 9.47 Å². The Kier molecular flexibility index (Phi) is 3.00. The van der Waals surface area contributed by atoms with Crippen molar-refractivity contribution < 1.29 is 19.4 Å². The third-order valence-corrected chi connectivity index (χ3v) is 3.33. The molecule has 19 heavy (non-hydrogen) atoms. The number of benzene rings is 1. The van der Waals surface area contributed by atoms with Crippen molar-refractivity contribution in [1.29, 1.82) is 0 Å². The van der Waals surface area contributed by atoms with Crippen LogP contribution in [0, 0.1) is 12.3 Å². The zero-order valence-electron chi connectivity index (χ0n) is 12.0. The van der Waals surface area contributed by atoms with Crippen LogP contribution in [0.2, 0.25) is 0 Å². The van der Waals surface area contributed by atoms with Crippen LogP contribution in [0.5, 0.6) is 11.5 Å². The van der Waals surface area contributed by atoms with Gasteiger partial charge in [0.15, 0.2) is 11.5 Å². The molecule has 0 atom stereocenters. The van der Waals surface area contributed by atoms with Gasteiger partial charge in [0, 0.05) is 13.8 Å². The minimum Gasteiger partial charge on any atom is -0.481 e. The molecule has 0 fully saturated rings. The molecule has 0 spiro atoms. The smallest absolute Gasteiger partial charge is 0.309 e. The van der Waals surface area contributed by atoms with Crippen LogP contribution in [-0.2, 0) is 11.2 Å². The largest absolute Gasteiger partial charge is 0.481 e. The summed E-state index contributed by atoms with van der Waals surface area (Å²) in [5, 5.41) is 9.21. The van der Waals surface area contributed by atoms with Gasteiger partial charge in [-0.05, 0) is 50.5 Å². The summed E-state index contributed by atoms with van der Waals surface area (Å²) in [4.78, 5) is 11.2. The maximum Gasteiger partial charge on any atom is 0.309 e. The van der Waals surface area contributed by atoms with E-state index in [0.29, 0.717) is 12.2 Å². The lowest BCUT2D eigenvalue weighted by atomic mass is 9.84. The summed E-state index contributed by atoms with van der Waals surface area (Å²) in [7, 11) is 0. The first-order chi connectivity index (χ1) is 8.61. The van der Waals surface area contributed by atoms with Crippen molar-refractivity contribution in [3.8, 4) is 11.5 Å². The van der Waals surface area contributed by atoms with Gasteiger partial charge in [-0.1, -0.05) is 0 Å². The summed E-state index contributed by atoms with van der Waals surface area (Å²) in [6.07, 6.45) is 0.464. The molecule has 0 aromatic heterocycles. The molecule has 4 nitrogen and oxygen atoms in total. The van der Waals surface area contributed by atoms with Crippen LogP contribution in [-0.4, -0.2) is 16.9 Å². The van der Waals surface area contributed by atoms with Crippen molar-refractivity contribution in [3.05, 3.63) is 23.3 Å². The Bertz CT molecular complexity index is 529. The van der Waals surface area contributed by atoms with Crippen molar-refractivity contribution in [2.24, 2.45) is 5.41 Å². The predicted octanol–water partition coefficient (Wildman–Crippen LogP) is 3.16. The SMILES string of the molecule is Cc1cc2c(cc1CC(C)(C)C(=O)O)OC(C)(C)O2. The Balaban J connectivity index is 2.33. The second kappa shape index (κ2) is 4.15. The van der Waals surface area contributed by atoms with E-state index in [1.54, 1.807) is 13.8 Å². The molecule has 1 aromatic carbocycles. The lowest BCUT2D eigenvalue weighted by Crippen LogP contribution is -2.29. The van der Waals surface area contributed by atoms with E-state index in [1.807, 2.05) is 32.9 Å². The number of rotatable bonds is 3. The molecule has 1 N–H and O–H groups in total. The monoisotopic (exact) mass is 264 g/mol. The van der Waals surface area contributed by atoms with Gasteiger partial charge < -0.3 is 14.6 Å². The van der Waals surface area contributed by atoms with E-state index < -0.39 is 17.2 Å². The van der Waals surface area contributed by atoms with E-state index in [1.165, 1.54) is 0 Å². The average Bonchev–Trinajstić information content (AvgIpc) is 2.51. The molecule has 1 aliphatic rings. The van der Waals surface area contributed by atoms with Gasteiger partial charge in [-0.2, -0.15) is 0 Å². The molecule has 0 unspecified atom stereocenters. The van der Waals surface area contributed by atoms with Gasteiger partial charge in [0.1, 0.15) is 0 Å². The Hall–Kier alpha value is -1.71. The van der Waals surface area contributed by atoms with Gasteiger partial charge in [-0.25, -0.2) is 0 Å². The van der Waals surface area contributed by atoms with E-state index in [9.17, 15) is 9.90 Å². The van der Waals surface area contributed by atoms with Gasteiger partial charge in [-0.3, -0.25) is 4.79 Å². The van der Waals surface area contributed by atoms with Crippen molar-refractivity contribution in [1.82, 2.24) is 0 Å². The summed E-state index contributed by atoms with van der Waals surface area (Å²) in [5.41, 5.74) is 1.20. The summed E-state index contributed by atoms with van der Waals surface area (Å²) in [6.45, 7) is 9.11. The highest BCUT2D eigenvalue weighted by Crippen LogP contribution is 2.41. The van der Waals surface area contributed by atoms with Gasteiger partial charge in [0.2, 0.25) is 5.79 Å². The van der Waals surface area contributed by atoms with Crippen LogP contribution in [0.3, 0.4) is 0 Å². The maximum absolute atomic E-state index is 11.2. The molecule has 0 bridgehead atoms. The fraction of sp³-hybridized carbons (Fsp3) is 0.533. The fourth-order valence-corrected chi connectivity index (χ4v) is 2.16. The number of fused-ring (bicyclic) bond motifs is 1. The minimum absolute atomic E-state index is 0.464. The topological polar surface area (TPSA) is 55.8 Å². The van der Waals surface area contributed by atoms with Crippen LogP contribution in [0.1, 0.15) is 38.8 Å². The summed E-state index contributed by atoms with van der Waals surface area (Å²) < 4.78 is 11.4. The molecule has 0 saturated heterocycles. The minimum atomic E-state index is -0.801.